The SMILES string of the molecule is Nn1c(SCC(=O)N[C@@H](Cc2ccccc2)c2ccccc2)nnc1-c1ccco1. The molecule has 152 valence electrons. The number of nitrogens with two attached hydrogens (primary N) is 1. The maximum atomic E-state index is 12.7. The molecule has 0 unspecified atom stereocenters. The summed E-state index contributed by atoms with van der Waals surface area (Å²) in [5, 5.41) is 11.7. The van der Waals surface area contributed by atoms with E-state index in [4.69, 9.17) is 10.3 Å². The van der Waals surface area contributed by atoms with Crippen molar-refractivity contribution in [3.8, 4) is 11.6 Å². The third-order valence-corrected chi connectivity index (χ3v) is 5.50. The summed E-state index contributed by atoms with van der Waals surface area (Å²) in [4.78, 5) is 12.7. The molecule has 0 saturated heterocycles. The zero-order valence-corrected chi connectivity index (χ0v) is 17.0. The van der Waals surface area contributed by atoms with Crippen molar-refractivity contribution in [1.82, 2.24) is 20.2 Å². The number of thioether (sulfide) groups is 1. The summed E-state index contributed by atoms with van der Waals surface area (Å²) < 4.78 is 6.63. The molecule has 8 heteroatoms. The maximum Gasteiger partial charge on any atom is 0.230 e. The fourth-order valence-corrected chi connectivity index (χ4v) is 3.77. The first kappa shape index (κ1) is 19.8. The van der Waals surface area contributed by atoms with Crippen LogP contribution in [0.5, 0.6) is 0 Å². The molecular formula is C22H21N5O2S. The number of benzene rings is 2. The van der Waals surface area contributed by atoms with E-state index < -0.39 is 0 Å². The largest absolute Gasteiger partial charge is 0.461 e. The highest BCUT2D eigenvalue weighted by molar-refractivity contribution is 7.99. The minimum absolute atomic E-state index is 0.104. The molecule has 30 heavy (non-hydrogen) atoms. The van der Waals surface area contributed by atoms with E-state index in [1.165, 1.54) is 16.4 Å². The highest BCUT2D eigenvalue weighted by atomic mass is 32.2. The van der Waals surface area contributed by atoms with Crippen molar-refractivity contribution < 1.29 is 9.21 Å². The van der Waals surface area contributed by atoms with Crippen molar-refractivity contribution in [2.45, 2.75) is 17.6 Å². The Balaban J connectivity index is 1.42. The molecule has 4 aromatic rings. The third-order valence-electron chi connectivity index (χ3n) is 4.56. The molecule has 3 N–H and O–H groups in total. The Kier molecular flexibility index (Phi) is 6.14. The predicted octanol–water partition coefficient (Wildman–Crippen LogP) is 3.44. The summed E-state index contributed by atoms with van der Waals surface area (Å²) >= 11 is 1.23. The van der Waals surface area contributed by atoms with Gasteiger partial charge in [0.15, 0.2) is 5.76 Å². The van der Waals surface area contributed by atoms with Crippen LogP contribution in [0.3, 0.4) is 0 Å². The topological polar surface area (TPSA) is 99.0 Å². The van der Waals surface area contributed by atoms with E-state index in [0.29, 0.717) is 23.2 Å². The number of hydrogen-bond acceptors (Lipinski definition) is 6. The van der Waals surface area contributed by atoms with Crippen LogP contribution in [-0.2, 0) is 11.2 Å². The molecule has 0 saturated carbocycles. The molecule has 2 aromatic heterocycles. The fraction of sp³-hybridized carbons (Fsp3) is 0.136. The number of furan rings is 1. The number of nitrogen functional groups attached to an aromatic ring is 1. The summed E-state index contributed by atoms with van der Waals surface area (Å²) in [6.45, 7) is 0. The fourth-order valence-electron chi connectivity index (χ4n) is 3.10. The number of rotatable bonds is 8. The quantitative estimate of drug-likeness (QED) is 0.335. The number of nitrogens with one attached hydrogen (secondary N) is 1. The predicted molar refractivity (Wildman–Crippen MR) is 116 cm³/mol. The lowest BCUT2D eigenvalue weighted by atomic mass is 9.99. The monoisotopic (exact) mass is 419 g/mol. The van der Waals surface area contributed by atoms with Crippen LogP contribution in [0.4, 0.5) is 0 Å². The molecule has 0 fully saturated rings. The molecule has 0 aliphatic rings. The Bertz CT molecular complexity index is 1080. The van der Waals surface area contributed by atoms with Crippen LogP contribution in [-0.4, -0.2) is 26.5 Å². The second-order valence-corrected chi connectivity index (χ2v) is 7.61. The molecule has 4 rings (SSSR count). The van der Waals surface area contributed by atoms with E-state index in [9.17, 15) is 4.79 Å². The van der Waals surface area contributed by atoms with Gasteiger partial charge in [0.25, 0.3) is 0 Å². The van der Waals surface area contributed by atoms with Gasteiger partial charge in [-0.25, -0.2) is 4.68 Å². The van der Waals surface area contributed by atoms with Crippen LogP contribution in [0.15, 0.2) is 88.6 Å². The molecule has 1 amide bonds. The molecular weight excluding hydrogens is 398 g/mol. The number of nitrogens with zero attached hydrogens (tertiary/aromatic N) is 3. The summed E-state index contributed by atoms with van der Waals surface area (Å²) in [7, 11) is 0. The van der Waals surface area contributed by atoms with Crippen molar-refractivity contribution in [3.63, 3.8) is 0 Å². The van der Waals surface area contributed by atoms with Crippen molar-refractivity contribution in [3.05, 3.63) is 90.2 Å². The van der Waals surface area contributed by atoms with E-state index in [1.807, 2.05) is 48.5 Å². The lowest BCUT2D eigenvalue weighted by Crippen LogP contribution is -2.31. The number of hydrogen-bond donors (Lipinski definition) is 2. The Labute approximate surface area is 178 Å². The van der Waals surface area contributed by atoms with Gasteiger partial charge in [-0.1, -0.05) is 72.4 Å². The van der Waals surface area contributed by atoms with E-state index in [0.717, 1.165) is 11.1 Å². The van der Waals surface area contributed by atoms with Gasteiger partial charge in [0.1, 0.15) is 0 Å². The van der Waals surface area contributed by atoms with Crippen LogP contribution < -0.4 is 11.2 Å². The lowest BCUT2D eigenvalue weighted by molar-refractivity contribution is -0.119. The second-order valence-electron chi connectivity index (χ2n) is 6.66. The van der Waals surface area contributed by atoms with Gasteiger partial charge in [0, 0.05) is 0 Å². The lowest BCUT2D eigenvalue weighted by Gasteiger charge is -2.19. The number of carbonyl (C=O) groups excluding carboxylic acids is 1. The number of amides is 1. The summed E-state index contributed by atoms with van der Waals surface area (Å²) in [6, 6.07) is 23.4. The van der Waals surface area contributed by atoms with Gasteiger partial charge in [0.05, 0.1) is 18.1 Å². The molecule has 0 bridgehead atoms. The Hall–Kier alpha value is -3.52. The highest BCUT2D eigenvalue weighted by Crippen LogP contribution is 2.23. The van der Waals surface area contributed by atoms with E-state index in [1.54, 1.807) is 18.4 Å². The average molecular weight is 420 g/mol. The standard InChI is InChI=1S/C22H21N5O2S/c23-27-21(19-12-7-13-29-19)25-26-22(27)30-15-20(28)24-18(17-10-5-2-6-11-17)14-16-8-3-1-4-9-16/h1-13,18H,14-15,23H2,(H,24,28)/t18-/m0/s1. The zero-order valence-electron chi connectivity index (χ0n) is 16.1. The van der Waals surface area contributed by atoms with Crippen LogP contribution in [0, 0.1) is 0 Å². The molecule has 0 aliphatic carbocycles. The van der Waals surface area contributed by atoms with Gasteiger partial charge >= 0.3 is 0 Å². The molecule has 0 aliphatic heterocycles. The van der Waals surface area contributed by atoms with Crippen molar-refractivity contribution in [2.24, 2.45) is 0 Å². The second kappa shape index (κ2) is 9.32. The van der Waals surface area contributed by atoms with Gasteiger partial charge < -0.3 is 15.6 Å². The van der Waals surface area contributed by atoms with Gasteiger partial charge in [-0.2, -0.15) is 0 Å². The Morgan fingerprint density at radius 1 is 1.03 bits per heavy atom. The van der Waals surface area contributed by atoms with Crippen LogP contribution in [0.1, 0.15) is 17.2 Å². The van der Waals surface area contributed by atoms with E-state index in [2.05, 4.69) is 27.6 Å². The van der Waals surface area contributed by atoms with Gasteiger partial charge in [0.2, 0.25) is 16.9 Å². The third kappa shape index (κ3) is 4.72. The van der Waals surface area contributed by atoms with Crippen LogP contribution in [0.2, 0.25) is 0 Å². The summed E-state index contributed by atoms with van der Waals surface area (Å²) in [5.74, 6) is 7.06. The van der Waals surface area contributed by atoms with Gasteiger partial charge in [-0.05, 0) is 29.7 Å². The van der Waals surface area contributed by atoms with Gasteiger partial charge in [-0.3, -0.25) is 4.79 Å². The van der Waals surface area contributed by atoms with E-state index >= 15 is 0 Å². The molecule has 7 nitrogen and oxygen atoms in total. The first-order valence-corrected chi connectivity index (χ1v) is 10.4. The normalized spacial score (nSPS) is 11.9. The Morgan fingerprint density at radius 2 is 1.77 bits per heavy atom. The van der Waals surface area contributed by atoms with Crippen molar-refractivity contribution in [1.29, 1.82) is 0 Å². The molecule has 2 aromatic carbocycles. The summed E-state index contributed by atoms with van der Waals surface area (Å²) in [5.41, 5.74) is 2.21. The number of aromatic nitrogens is 3. The molecule has 0 spiro atoms. The van der Waals surface area contributed by atoms with Gasteiger partial charge in [-0.15, -0.1) is 10.2 Å². The first-order valence-electron chi connectivity index (χ1n) is 9.46. The highest BCUT2D eigenvalue weighted by Gasteiger charge is 2.18. The van der Waals surface area contributed by atoms with Crippen LogP contribution in [0.25, 0.3) is 11.6 Å². The summed E-state index contributed by atoms with van der Waals surface area (Å²) in [6.07, 6.45) is 2.25. The zero-order chi connectivity index (χ0) is 20.8. The van der Waals surface area contributed by atoms with Crippen molar-refractivity contribution in [2.75, 3.05) is 11.6 Å². The maximum absolute atomic E-state index is 12.7. The van der Waals surface area contributed by atoms with E-state index in [-0.39, 0.29) is 17.7 Å². The minimum atomic E-state index is -0.129. The van der Waals surface area contributed by atoms with Crippen molar-refractivity contribution >= 4 is 17.7 Å². The number of carbonyl (C=O) groups is 1. The molecule has 0 radical (unpaired) electrons. The smallest absolute Gasteiger partial charge is 0.230 e. The first-order chi connectivity index (χ1) is 14.7. The van der Waals surface area contributed by atoms with Crippen LogP contribution >= 0.6 is 11.8 Å². The average Bonchev–Trinajstić information content (AvgIpc) is 3.43. The molecule has 2 heterocycles. The minimum Gasteiger partial charge on any atom is -0.461 e. The Morgan fingerprint density at radius 3 is 2.47 bits per heavy atom. The molecule has 1 atom stereocenters.